The van der Waals surface area contributed by atoms with Crippen LogP contribution in [0, 0.1) is 0 Å². The molecule has 1 heterocycles. The van der Waals surface area contributed by atoms with Crippen LogP contribution in [0.2, 0.25) is 0 Å². The fourth-order valence-corrected chi connectivity index (χ4v) is 1.83. The number of carbonyl (C=O) groups excluding carboxylic acids is 2. The SMILES string of the molecule is CC(=O)NC1CCN(C(=O)CBr)C1. The number of likely N-dealkylation sites (tertiary alicyclic amines) is 1. The average Bonchev–Trinajstić information content (AvgIpc) is 2.50. The second-order valence-corrected chi connectivity index (χ2v) is 3.72. The zero-order valence-electron chi connectivity index (χ0n) is 7.55. The van der Waals surface area contributed by atoms with E-state index in [1.54, 1.807) is 4.90 Å². The molecular formula is C8H13BrN2O2. The highest BCUT2D eigenvalue weighted by molar-refractivity contribution is 9.09. The molecule has 0 saturated carbocycles. The van der Waals surface area contributed by atoms with Crippen molar-refractivity contribution in [2.75, 3.05) is 18.4 Å². The third-order valence-electron chi connectivity index (χ3n) is 2.06. The van der Waals surface area contributed by atoms with Crippen LogP contribution >= 0.6 is 15.9 Å². The summed E-state index contributed by atoms with van der Waals surface area (Å²) in [4.78, 5) is 23.7. The van der Waals surface area contributed by atoms with E-state index in [1.165, 1.54) is 6.92 Å². The number of hydrogen-bond acceptors (Lipinski definition) is 2. The molecule has 1 rings (SSSR count). The molecule has 0 aliphatic carbocycles. The largest absolute Gasteiger partial charge is 0.352 e. The molecule has 5 heteroatoms. The Morgan fingerprint density at radius 3 is 2.85 bits per heavy atom. The highest BCUT2D eigenvalue weighted by Crippen LogP contribution is 2.09. The lowest BCUT2D eigenvalue weighted by Gasteiger charge is -2.15. The number of carbonyl (C=O) groups is 2. The summed E-state index contributed by atoms with van der Waals surface area (Å²) in [6.07, 6.45) is 0.859. The molecule has 1 aliphatic heterocycles. The van der Waals surface area contributed by atoms with E-state index in [2.05, 4.69) is 21.2 Å². The maximum atomic E-state index is 11.2. The molecule has 1 N–H and O–H groups in total. The Hall–Kier alpha value is -0.580. The number of nitrogens with zero attached hydrogens (tertiary/aromatic N) is 1. The van der Waals surface area contributed by atoms with Gasteiger partial charge in [-0.1, -0.05) is 15.9 Å². The van der Waals surface area contributed by atoms with E-state index in [1.807, 2.05) is 0 Å². The lowest BCUT2D eigenvalue weighted by Crippen LogP contribution is -2.37. The van der Waals surface area contributed by atoms with E-state index < -0.39 is 0 Å². The van der Waals surface area contributed by atoms with Gasteiger partial charge in [0.15, 0.2) is 0 Å². The first kappa shape index (κ1) is 10.5. The van der Waals surface area contributed by atoms with Gasteiger partial charge in [-0.3, -0.25) is 9.59 Å². The molecule has 0 aromatic heterocycles. The van der Waals surface area contributed by atoms with Gasteiger partial charge in [0.1, 0.15) is 0 Å². The summed E-state index contributed by atoms with van der Waals surface area (Å²) < 4.78 is 0. The Balaban J connectivity index is 2.36. The molecule has 74 valence electrons. The van der Waals surface area contributed by atoms with Crippen molar-refractivity contribution in [1.82, 2.24) is 10.2 Å². The quantitative estimate of drug-likeness (QED) is 0.706. The molecule has 1 fully saturated rings. The van der Waals surface area contributed by atoms with Gasteiger partial charge in [-0.15, -0.1) is 0 Å². The topological polar surface area (TPSA) is 49.4 Å². The van der Waals surface area contributed by atoms with Crippen molar-refractivity contribution < 1.29 is 9.59 Å². The summed E-state index contributed by atoms with van der Waals surface area (Å²) in [7, 11) is 0. The van der Waals surface area contributed by atoms with E-state index in [9.17, 15) is 9.59 Å². The number of rotatable bonds is 2. The third-order valence-corrected chi connectivity index (χ3v) is 2.54. The molecule has 2 amide bonds. The van der Waals surface area contributed by atoms with Gasteiger partial charge < -0.3 is 10.2 Å². The van der Waals surface area contributed by atoms with Crippen LogP contribution in [-0.4, -0.2) is 41.2 Å². The molecule has 0 radical (unpaired) electrons. The third kappa shape index (κ3) is 2.99. The van der Waals surface area contributed by atoms with Crippen LogP contribution in [0.25, 0.3) is 0 Å². The molecule has 0 spiro atoms. The van der Waals surface area contributed by atoms with Gasteiger partial charge in [0.25, 0.3) is 0 Å². The lowest BCUT2D eigenvalue weighted by atomic mass is 10.3. The average molecular weight is 249 g/mol. The summed E-state index contributed by atoms with van der Waals surface area (Å²) in [5.41, 5.74) is 0. The molecule has 4 nitrogen and oxygen atoms in total. The predicted molar refractivity (Wildman–Crippen MR) is 52.6 cm³/mol. The van der Waals surface area contributed by atoms with Crippen molar-refractivity contribution in [1.29, 1.82) is 0 Å². The molecule has 1 atom stereocenters. The smallest absolute Gasteiger partial charge is 0.233 e. The van der Waals surface area contributed by atoms with E-state index in [0.717, 1.165) is 13.0 Å². The first-order chi connectivity index (χ1) is 6.13. The highest BCUT2D eigenvalue weighted by Gasteiger charge is 2.25. The normalized spacial score (nSPS) is 21.7. The van der Waals surface area contributed by atoms with Gasteiger partial charge in [-0.05, 0) is 6.42 Å². The standard InChI is InChI=1S/C8H13BrN2O2/c1-6(12)10-7-2-3-11(5-7)8(13)4-9/h7H,2-5H2,1H3,(H,10,12). The Morgan fingerprint density at radius 1 is 1.62 bits per heavy atom. The van der Waals surface area contributed by atoms with Gasteiger partial charge in [-0.2, -0.15) is 0 Å². The van der Waals surface area contributed by atoms with Crippen LogP contribution in [0.15, 0.2) is 0 Å². The van der Waals surface area contributed by atoms with Crippen molar-refractivity contribution in [3.05, 3.63) is 0 Å². The number of hydrogen-bond donors (Lipinski definition) is 1. The number of alkyl halides is 1. The molecule has 1 aliphatic rings. The van der Waals surface area contributed by atoms with Gasteiger partial charge >= 0.3 is 0 Å². The molecule has 0 aromatic carbocycles. The number of amides is 2. The molecular weight excluding hydrogens is 236 g/mol. The Kier molecular flexibility index (Phi) is 3.71. The molecule has 1 saturated heterocycles. The van der Waals surface area contributed by atoms with Crippen molar-refractivity contribution in [3.63, 3.8) is 0 Å². The van der Waals surface area contributed by atoms with Crippen molar-refractivity contribution in [2.24, 2.45) is 0 Å². The van der Waals surface area contributed by atoms with Crippen molar-refractivity contribution in [2.45, 2.75) is 19.4 Å². The minimum atomic E-state index is -0.0295. The monoisotopic (exact) mass is 248 g/mol. The van der Waals surface area contributed by atoms with Crippen LogP contribution in [0.3, 0.4) is 0 Å². The molecule has 0 bridgehead atoms. The minimum absolute atomic E-state index is 0.0295. The van der Waals surface area contributed by atoms with Crippen LogP contribution in [0.4, 0.5) is 0 Å². The van der Waals surface area contributed by atoms with E-state index in [-0.39, 0.29) is 17.9 Å². The summed E-state index contributed by atoms with van der Waals surface area (Å²) in [6.45, 7) is 2.88. The van der Waals surface area contributed by atoms with E-state index >= 15 is 0 Å². The van der Waals surface area contributed by atoms with Gasteiger partial charge in [0.2, 0.25) is 11.8 Å². The zero-order valence-corrected chi connectivity index (χ0v) is 9.13. The van der Waals surface area contributed by atoms with Crippen molar-refractivity contribution in [3.8, 4) is 0 Å². The van der Waals surface area contributed by atoms with Crippen LogP contribution in [0.5, 0.6) is 0 Å². The lowest BCUT2D eigenvalue weighted by molar-refractivity contribution is -0.127. The fourth-order valence-electron chi connectivity index (χ4n) is 1.48. The summed E-state index contributed by atoms with van der Waals surface area (Å²) >= 11 is 3.12. The van der Waals surface area contributed by atoms with E-state index in [4.69, 9.17) is 0 Å². The minimum Gasteiger partial charge on any atom is -0.352 e. The number of nitrogens with one attached hydrogen (secondary N) is 1. The second-order valence-electron chi connectivity index (χ2n) is 3.16. The first-order valence-corrected chi connectivity index (χ1v) is 5.36. The van der Waals surface area contributed by atoms with E-state index in [0.29, 0.717) is 11.9 Å². The van der Waals surface area contributed by atoms with Gasteiger partial charge in [0.05, 0.1) is 5.33 Å². The summed E-state index contributed by atoms with van der Waals surface area (Å²) in [6, 6.07) is 0.139. The van der Waals surface area contributed by atoms with Crippen LogP contribution in [0.1, 0.15) is 13.3 Å². The van der Waals surface area contributed by atoms with Crippen LogP contribution < -0.4 is 5.32 Å². The second kappa shape index (κ2) is 4.60. The van der Waals surface area contributed by atoms with Gasteiger partial charge in [0, 0.05) is 26.1 Å². The Bertz CT molecular complexity index is 220. The maximum absolute atomic E-state index is 11.2. The van der Waals surface area contributed by atoms with Crippen LogP contribution in [-0.2, 0) is 9.59 Å². The van der Waals surface area contributed by atoms with Crippen molar-refractivity contribution >= 4 is 27.7 Å². The fraction of sp³-hybridized carbons (Fsp3) is 0.750. The molecule has 0 aromatic rings. The maximum Gasteiger partial charge on any atom is 0.233 e. The zero-order chi connectivity index (χ0) is 9.84. The summed E-state index contributed by atoms with van der Waals surface area (Å²) in [5, 5.41) is 3.16. The molecule has 13 heavy (non-hydrogen) atoms. The summed E-state index contributed by atoms with van der Waals surface area (Å²) in [5.74, 6) is 0.0611. The predicted octanol–water partition coefficient (Wildman–Crippen LogP) is 0.118. The number of halogens is 1. The Labute approximate surface area is 85.8 Å². The Morgan fingerprint density at radius 2 is 2.31 bits per heavy atom. The first-order valence-electron chi connectivity index (χ1n) is 4.24. The molecule has 1 unspecified atom stereocenters. The van der Waals surface area contributed by atoms with Gasteiger partial charge in [-0.25, -0.2) is 0 Å². The highest BCUT2D eigenvalue weighted by atomic mass is 79.9.